The van der Waals surface area contributed by atoms with Crippen LogP contribution in [-0.2, 0) is 0 Å². The maximum Gasteiger partial charge on any atom is -0.00953 e. The van der Waals surface area contributed by atoms with Gasteiger partial charge in [-0.05, 0) is 30.4 Å². The van der Waals surface area contributed by atoms with Crippen LogP contribution in [-0.4, -0.2) is 5.75 Å². The zero-order valence-corrected chi connectivity index (χ0v) is 9.15. The molecule has 1 rings (SSSR count). The zero-order valence-electron chi connectivity index (χ0n) is 8.26. The molecular weight excluding hydrogens is 164 g/mol. The number of hydrogen-bond donors (Lipinski definition) is 1. The van der Waals surface area contributed by atoms with Crippen molar-refractivity contribution >= 4 is 12.6 Å². The van der Waals surface area contributed by atoms with Gasteiger partial charge in [-0.1, -0.05) is 39.0 Å². The van der Waals surface area contributed by atoms with Crippen LogP contribution in [0.3, 0.4) is 0 Å². The molecule has 2 atom stereocenters. The maximum atomic E-state index is 4.31. The normalized spacial score (nSPS) is 30.5. The van der Waals surface area contributed by atoms with Gasteiger partial charge in [-0.15, -0.1) is 0 Å². The molecule has 0 aromatic carbocycles. The van der Waals surface area contributed by atoms with Crippen molar-refractivity contribution in [2.75, 3.05) is 5.75 Å². The van der Waals surface area contributed by atoms with E-state index >= 15 is 0 Å². The lowest BCUT2D eigenvalue weighted by atomic mass is 9.78. The predicted octanol–water partition coefficient (Wildman–Crippen LogP) is 3.91. The number of thiol groups is 1. The largest absolute Gasteiger partial charge is 0.179 e. The minimum absolute atomic E-state index is 1.01. The summed E-state index contributed by atoms with van der Waals surface area (Å²) >= 11 is 4.31. The molecule has 0 aromatic heterocycles. The van der Waals surface area contributed by atoms with Gasteiger partial charge in [0, 0.05) is 0 Å². The fourth-order valence-corrected chi connectivity index (χ4v) is 2.88. The average Bonchev–Trinajstić information content (AvgIpc) is 2.06. The van der Waals surface area contributed by atoms with Crippen LogP contribution in [0.25, 0.3) is 0 Å². The number of rotatable bonds is 4. The first-order chi connectivity index (χ1) is 5.86. The Morgan fingerprint density at radius 1 is 1.17 bits per heavy atom. The van der Waals surface area contributed by atoms with E-state index in [1.807, 2.05) is 0 Å². The van der Waals surface area contributed by atoms with E-state index in [0.29, 0.717) is 0 Å². The average molecular weight is 186 g/mol. The Hall–Kier alpha value is 0.350. The van der Waals surface area contributed by atoms with Crippen molar-refractivity contribution in [1.82, 2.24) is 0 Å². The highest BCUT2D eigenvalue weighted by molar-refractivity contribution is 7.80. The van der Waals surface area contributed by atoms with Gasteiger partial charge < -0.3 is 0 Å². The highest BCUT2D eigenvalue weighted by Gasteiger charge is 2.20. The molecule has 0 N–H and O–H groups in total. The van der Waals surface area contributed by atoms with Crippen LogP contribution in [0.1, 0.15) is 51.9 Å². The standard InChI is InChI=1S/C11H22S/c1-2-4-10-5-3-6-11(9-10)7-8-12/h10-12H,2-9H2,1H3. The second-order valence-electron chi connectivity index (χ2n) is 4.20. The molecule has 0 aromatic rings. The molecule has 1 aliphatic carbocycles. The van der Waals surface area contributed by atoms with Gasteiger partial charge in [-0.2, -0.15) is 12.6 Å². The first-order valence-electron chi connectivity index (χ1n) is 5.47. The Bertz CT molecular complexity index is 95.6. The van der Waals surface area contributed by atoms with Crippen molar-refractivity contribution in [1.29, 1.82) is 0 Å². The Labute approximate surface area is 82.5 Å². The molecule has 0 spiro atoms. The fourth-order valence-electron chi connectivity index (χ4n) is 2.52. The van der Waals surface area contributed by atoms with Crippen molar-refractivity contribution < 1.29 is 0 Å². The molecule has 0 amide bonds. The first kappa shape index (κ1) is 10.4. The second kappa shape index (κ2) is 5.90. The Morgan fingerprint density at radius 2 is 1.83 bits per heavy atom. The first-order valence-corrected chi connectivity index (χ1v) is 6.11. The van der Waals surface area contributed by atoms with E-state index in [1.54, 1.807) is 0 Å². The summed E-state index contributed by atoms with van der Waals surface area (Å²) < 4.78 is 0. The lowest BCUT2D eigenvalue weighted by Gasteiger charge is -2.28. The van der Waals surface area contributed by atoms with E-state index in [4.69, 9.17) is 0 Å². The van der Waals surface area contributed by atoms with Gasteiger partial charge in [0.15, 0.2) is 0 Å². The molecular formula is C11H22S. The molecule has 72 valence electrons. The molecule has 0 nitrogen and oxygen atoms in total. The van der Waals surface area contributed by atoms with E-state index in [1.165, 1.54) is 44.9 Å². The quantitative estimate of drug-likeness (QED) is 0.632. The van der Waals surface area contributed by atoms with Crippen molar-refractivity contribution in [3.8, 4) is 0 Å². The molecule has 0 bridgehead atoms. The molecule has 2 unspecified atom stereocenters. The summed E-state index contributed by atoms with van der Waals surface area (Å²) in [7, 11) is 0. The van der Waals surface area contributed by atoms with Gasteiger partial charge in [0.2, 0.25) is 0 Å². The molecule has 0 radical (unpaired) electrons. The molecule has 0 saturated heterocycles. The molecule has 0 heterocycles. The summed E-state index contributed by atoms with van der Waals surface area (Å²) in [5.74, 6) is 3.14. The van der Waals surface area contributed by atoms with Crippen LogP contribution in [0.5, 0.6) is 0 Å². The Kier molecular flexibility index (Phi) is 5.13. The highest BCUT2D eigenvalue weighted by atomic mass is 32.1. The van der Waals surface area contributed by atoms with E-state index in [-0.39, 0.29) is 0 Å². The van der Waals surface area contributed by atoms with Crippen molar-refractivity contribution in [2.24, 2.45) is 11.8 Å². The van der Waals surface area contributed by atoms with Crippen LogP contribution < -0.4 is 0 Å². The van der Waals surface area contributed by atoms with Crippen molar-refractivity contribution in [2.45, 2.75) is 51.9 Å². The van der Waals surface area contributed by atoms with Gasteiger partial charge in [0.05, 0.1) is 0 Å². The van der Waals surface area contributed by atoms with E-state index in [2.05, 4.69) is 19.6 Å². The van der Waals surface area contributed by atoms with Gasteiger partial charge in [-0.3, -0.25) is 0 Å². The van der Waals surface area contributed by atoms with E-state index in [0.717, 1.165) is 17.6 Å². The van der Waals surface area contributed by atoms with Gasteiger partial charge in [-0.25, -0.2) is 0 Å². The van der Waals surface area contributed by atoms with Crippen LogP contribution >= 0.6 is 12.6 Å². The minimum Gasteiger partial charge on any atom is -0.179 e. The summed E-state index contributed by atoms with van der Waals surface area (Å²) in [5, 5.41) is 0. The summed E-state index contributed by atoms with van der Waals surface area (Å²) in [5.41, 5.74) is 0. The third-order valence-corrected chi connectivity index (χ3v) is 3.38. The zero-order chi connectivity index (χ0) is 8.81. The van der Waals surface area contributed by atoms with Crippen LogP contribution in [0.2, 0.25) is 0 Å². The maximum absolute atomic E-state index is 4.31. The number of hydrogen-bond acceptors (Lipinski definition) is 1. The topological polar surface area (TPSA) is 0 Å². The van der Waals surface area contributed by atoms with Crippen molar-refractivity contribution in [3.63, 3.8) is 0 Å². The van der Waals surface area contributed by atoms with E-state index in [9.17, 15) is 0 Å². The highest BCUT2D eigenvalue weighted by Crippen LogP contribution is 2.33. The molecule has 0 aliphatic heterocycles. The third kappa shape index (κ3) is 3.38. The molecule has 1 aliphatic rings. The third-order valence-electron chi connectivity index (χ3n) is 3.13. The molecule has 1 fully saturated rings. The summed E-state index contributed by atoms with van der Waals surface area (Å²) in [6, 6.07) is 0. The molecule has 12 heavy (non-hydrogen) atoms. The monoisotopic (exact) mass is 186 g/mol. The SMILES string of the molecule is CCCC1CCCC(CCS)C1. The summed E-state index contributed by atoms with van der Waals surface area (Å²) in [4.78, 5) is 0. The van der Waals surface area contributed by atoms with E-state index < -0.39 is 0 Å². The van der Waals surface area contributed by atoms with Crippen molar-refractivity contribution in [3.05, 3.63) is 0 Å². The predicted molar refractivity (Wildman–Crippen MR) is 58.8 cm³/mol. The smallest absolute Gasteiger partial charge is 0.00953 e. The van der Waals surface area contributed by atoms with Gasteiger partial charge in [0.25, 0.3) is 0 Å². The molecule has 1 heteroatoms. The Morgan fingerprint density at radius 3 is 2.42 bits per heavy atom. The second-order valence-corrected chi connectivity index (χ2v) is 4.65. The van der Waals surface area contributed by atoms with Gasteiger partial charge >= 0.3 is 0 Å². The Balaban J connectivity index is 2.20. The minimum atomic E-state index is 1.01. The van der Waals surface area contributed by atoms with Gasteiger partial charge in [0.1, 0.15) is 0 Å². The summed E-state index contributed by atoms with van der Waals surface area (Å²) in [6.07, 6.45) is 10.1. The van der Waals surface area contributed by atoms with Crippen LogP contribution in [0.15, 0.2) is 0 Å². The fraction of sp³-hybridized carbons (Fsp3) is 1.00. The lowest BCUT2D eigenvalue weighted by Crippen LogP contribution is -2.15. The molecule has 1 saturated carbocycles. The summed E-state index contributed by atoms with van der Waals surface area (Å²) in [6.45, 7) is 2.31. The van der Waals surface area contributed by atoms with Crippen LogP contribution in [0, 0.1) is 11.8 Å². The van der Waals surface area contributed by atoms with Crippen LogP contribution in [0.4, 0.5) is 0 Å². The lowest BCUT2D eigenvalue weighted by molar-refractivity contribution is 0.249.